The highest BCUT2D eigenvalue weighted by Crippen LogP contribution is 2.27. The van der Waals surface area contributed by atoms with E-state index < -0.39 is 5.91 Å². The SMILES string of the molecule is NC(=O)COCC(N)c1sccc1Cl. The molecule has 1 heterocycles. The molecule has 1 amide bonds. The van der Waals surface area contributed by atoms with Crippen LogP contribution < -0.4 is 11.5 Å². The van der Waals surface area contributed by atoms with Gasteiger partial charge in [0, 0.05) is 4.88 Å². The molecule has 6 heteroatoms. The first-order valence-electron chi connectivity index (χ1n) is 3.95. The topological polar surface area (TPSA) is 78.3 Å². The van der Waals surface area contributed by atoms with E-state index in [4.69, 9.17) is 27.8 Å². The molecule has 1 atom stereocenters. The quantitative estimate of drug-likeness (QED) is 0.795. The normalized spacial score (nSPS) is 12.7. The van der Waals surface area contributed by atoms with Crippen LogP contribution in [0.15, 0.2) is 11.4 Å². The van der Waals surface area contributed by atoms with Crippen molar-refractivity contribution in [1.82, 2.24) is 0 Å². The highest BCUT2D eigenvalue weighted by Gasteiger charge is 2.11. The standard InChI is InChI=1S/C8H11ClN2O2S/c9-5-1-2-14-8(5)6(10)3-13-4-7(11)12/h1-2,6H,3-4,10H2,(H2,11,12). The third kappa shape index (κ3) is 3.26. The van der Waals surface area contributed by atoms with E-state index in [9.17, 15) is 4.79 Å². The molecule has 4 nitrogen and oxygen atoms in total. The number of nitrogens with two attached hydrogens (primary N) is 2. The Hall–Kier alpha value is -0.620. The summed E-state index contributed by atoms with van der Waals surface area (Å²) in [6.07, 6.45) is 0. The number of ether oxygens (including phenoxy) is 1. The second-order valence-electron chi connectivity index (χ2n) is 2.72. The van der Waals surface area contributed by atoms with Gasteiger partial charge < -0.3 is 16.2 Å². The fourth-order valence-electron chi connectivity index (χ4n) is 0.932. The van der Waals surface area contributed by atoms with Gasteiger partial charge in [0.15, 0.2) is 0 Å². The van der Waals surface area contributed by atoms with Gasteiger partial charge in [0.1, 0.15) is 6.61 Å². The smallest absolute Gasteiger partial charge is 0.243 e. The molecule has 4 N–H and O–H groups in total. The monoisotopic (exact) mass is 234 g/mol. The minimum atomic E-state index is -0.505. The van der Waals surface area contributed by atoms with Crippen molar-refractivity contribution in [2.24, 2.45) is 11.5 Å². The first-order valence-corrected chi connectivity index (χ1v) is 5.21. The molecular formula is C8H11ClN2O2S. The average Bonchev–Trinajstić information content (AvgIpc) is 2.50. The van der Waals surface area contributed by atoms with Gasteiger partial charge >= 0.3 is 0 Å². The fourth-order valence-corrected chi connectivity index (χ4v) is 2.12. The second-order valence-corrected chi connectivity index (χ2v) is 4.08. The molecule has 1 aromatic heterocycles. The first-order chi connectivity index (χ1) is 6.61. The lowest BCUT2D eigenvalue weighted by Crippen LogP contribution is -2.23. The molecule has 0 aliphatic carbocycles. The molecule has 78 valence electrons. The van der Waals surface area contributed by atoms with Crippen LogP contribution in [-0.2, 0) is 9.53 Å². The minimum Gasteiger partial charge on any atom is -0.370 e. The third-order valence-corrected chi connectivity index (χ3v) is 3.01. The van der Waals surface area contributed by atoms with E-state index in [1.54, 1.807) is 6.07 Å². The summed E-state index contributed by atoms with van der Waals surface area (Å²) in [5, 5.41) is 2.48. The Balaban J connectivity index is 2.39. The van der Waals surface area contributed by atoms with Crippen molar-refractivity contribution < 1.29 is 9.53 Å². The van der Waals surface area contributed by atoms with Gasteiger partial charge in [-0.05, 0) is 11.4 Å². The molecule has 0 aliphatic heterocycles. The molecule has 14 heavy (non-hydrogen) atoms. The van der Waals surface area contributed by atoms with Gasteiger partial charge in [0.05, 0.1) is 17.7 Å². The zero-order valence-electron chi connectivity index (χ0n) is 7.40. The molecule has 0 spiro atoms. The van der Waals surface area contributed by atoms with Crippen LogP contribution in [0, 0.1) is 0 Å². The van der Waals surface area contributed by atoms with E-state index in [1.807, 2.05) is 5.38 Å². The van der Waals surface area contributed by atoms with Crippen molar-refractivity contribution in [3.63, 3.8) is 0 Å². The summed E-state index contributed by atoms with van der Waals surface area (Å²) in [6.45, 7) is 0.125. The summed E-state index contributed by atoms with van der Waals surface area (Å²) < 4.78 is 4.98. The zero-order chi connectivity index (χ0) is 10.6. The van der Waals surface area contributed by atoms with Crippen molar-refractivity contribution in [2.45, 2.75) is 6.04 Å². The van der Waals surface area contributed by atoms with Crippen LogP contribution in [-0.4, -0.2) is 19.1 Å². The maximum absolute atomic E-state index is 10.4. The van der Waals surface area contributed by atoms with Gasteiger partial charge in [-0.3, -0.25) is 4.79 Å². The van der Waals surface area contributed by atoms with Crippen LogP contribution in [0.2, 0.25) is 5.02 Å². The summed E-state index contributed by atoms with van der Waals surface area (Å²) in [5.41, 5.74) is 10.7. The van der Waals surface area contributed by atoms with Gasteiger partial charge in [-0.2, -0.15) is 0 Å². The highest BCUT2D eigenvalue weighted by atomic mass is 35.5. The fraction of sp³-hybridized carbons (Fsp3) is 0.375. The van der Waals surface area contributed by atoms with E-state index >= 15 is 0 Å². The molecule has 1 aromatic rings. The molecule has 0 aliphatic rings. The summed E-state index contributed by atoms with van der Waals surface area (Å²) in [7, 11) is 0. The summed E-state index contributed by atoms with van der Waals surface area (Å²) in [6, 6.07) is 1.47. The van der Waals surface area contributed by atoms with Crippen LogP contribution in [0.4, 0.5) is 0 Å². The van der Waals surface area contributed by atoms with Crippen LogP contribution in [0.5, 0.6) is 0 Å². The van der Waals surface area contributed by atoms with Gasteiger partial charge in [-0.15, -0.1) is 11.3 Å². The van der Waals surface area contributed by atoms with Crippen LogP contribution in [0.25, 0.3) is 0 Å². The summed E-state index contributed by atoms with van der Waals surface area (Å²) in [4.78, 5) is 11.2. The molecule has 1 unspecified atom stereocenters. The Labute approximate surface area is 90.8 Å². The van der Waals surface area contributed by atoms with Crippen molar-refractivity contribution in [3.05, 3.63) is 21.3 Å². The maximum atomic E-state index is 10.4. The van der Waals surface area contributed by atoms with Gasteiger partial charge in [0.25, 0.3) is 0 Å². The molecule has 0 fully saturated rings. The highest BCUT2D eigenvalue weighted by molar-refractivity contribution is 7.10. The zero-order valence-corrected chi connectivity index (χ0v) is 8.98. The Kier molecular flexibility index (Phi) is 4.34. The van der Waals surface area contributed by atoms with Crippen molar-refractivity contribution in [3.8, 4) is 0 Å². The number of hydrogen-bond acceptors (Lipinski definition) is 4. The summed E-state index contributed by atoms with van der Waals surface area (Å²) >= 11 is 7.32. The number of amides is 1. The number of halogens is 1. The van der Waals surface area contributed by atoms with Crippen LogP contribution in [0.1, 0.15) is 10.9 Å². The van der Waals surface area contributed by atoms with Gasteiger partial charge in [-0.1, -0.05) is 11.6 Å². The molecule has 1 rings (SSSR count). The Morgan fingerprint density at radius 2 is 2.43 bits per heavy atom. The minimum absolute atomic E-state index is 0.114. The van der Waals surface area contributed by atoms with E-state index in [0.29, 0.717) is 5.02 Å². The van der Waals surface area contributed by atoms with Crippen molar-refractivity contribution in [2.75, 3.05) is 13.2 Å². The summed E-state index contributed by atoms with van der Waals surface area (Å²) in [5.74, 6) is -0.505. The molecular weight excluding hydrogens is 224 g/mol. The van der Waals surface area contributed by atoms with Crippen LogP contribution in [0.3, 0.4) is 0 Å². The van der Waals surface area contributed by atoms with E-state index in [-0.39, 0.29) is 19.3 Å². The second kappa shape index (κ2) is 5.31. The largest absolute Gasteiger partial charge is 0.370 e. The lowest BCUT2D eigenvalue weighted by atomic mass is 10.3. The lowest BCUT2D eigenvalue weighted by Gasteiger charge is -2.09. The number of carbonyl (C=O) groups excluding carboxylic acids is 1. The third-order valence-electron chi connectivity index (χ3n) is 1.52. The number of carbonyl (C=O) groups is 1. The number of hydrogen-bond donors (Lipinski definition) is 2. The predicted molar refractivity (Wildman–Crippen MR) is 56.3 cm³/mol. The maximum Gasteiger partial charge on any atom is 0.243 e. The number of primary amides is 1. The lowest BCUT2D eigenvalue weighted by molar-refractivity contribution is -0.122. The molecule has 0 saturated heterocycles. The predicted octanol–water partition coefficient (Wildman–Crippen LogP) is 0.903. The van der Waals surface area contributed by atoms with E-state index in [0.717, 1.165) is 4.88 Å². The van der Waals surface area contributed by atoms with Crippen molar-refractivity contribution >= 4 is 28.8 Å². The molecule has 0 bridgehead atoms. The number of thiophene rings is 1. The number of rotatable bonds is 5. The average molecular weight is 235 g/mol. The van der Waals surface area contributed by atoms with Crippen LogP contribution >= 0.6 is 22.9 Å². The Morgan fingerprint density at radius 1 is 1.71 bits per heavy atom. The Bertz CT molecular complexity index is 316. The van der Waals surface area contributed by atoms with E-state index in [1.165, 1.54) is 11.3 Å². The first kappa shape index (κ1) is 11.5. The van der Waals surface area contributed by atoms with Gasteiger partial charge in [-0.25, -0.2) is 0 Å². The van der Waals surface area contributed by atoms with Crippen molar-refractivity contribution in [1.29, 1.82) is 0 Å². The molecule has 0 saturated carbocycles. The molecule has 0 aromatic carbocycles. The Morgan fingerprint density at radius 3 is 2.93 bits per heavy atom. The van der Waals surface area contributed by atoms with Gasteiger partial charge in [0.2, 0.25) is 5.91 Å². The molecule has 0 radical (unpaired) electrons. The van der Waals surface area contributed by atoms with E-state index in [2.05, 4.69) is 0 Å².